The minimum atomic E-state index is -0.782. The molecule has 1 heterocycles. The molecule has 1 aliphatic rings. The number of ketones is 1. The van der Waals surface area contributed by atoms with Crippen molar-refractivity contribution in [2.24, 2.45) is 0 Å². The Morgan fingerprint density at radius 3 is 2.53 bits per heavy atom. The number of para-hydroxylation sites is 1. The van der Waals surface area contributed by atoms with Crippen LogP contribution >= 0.6 is 11.6 Å². The molecule has 158 valence electrons. The van der Waals surface area contributed by atoms with Gasteiger partial charge in [-0.1, -0.05) is 43.1 Å². The van der Waals surface area contributed by atoms with E-state index in [-0.39, 0.29) is 21.9 Å². The maximum atomic E-state index is 13.0. The molecule has 2 aromatic rings. The maximum absolute atomic E-state index is 13.0. The number of benzene rings is 2. The van der Waals surface area contributed by atoms with Crippen LogP contribution in [-0.4, -0.2) is 42.5 Å². The fraction of sp³-hybridized carbons (Fsp3) is 0.304. The number of halogens is 1. The van der Waals surface area contributed by atoms with Crippen molar-refractivity contribution in [3.05, 3.63) is 64.2 Å². The summed E-state index contributed by atoms with van der Waals surface area (Å²) in [5, 5.41) is 11.4. The van der Waals surface area contributed by atoms with Crippen LogP contribution in [0.3, 0.4) is 0 Å². The lowest BCUT2D eigenvalue weighted by Gasteiger charge is -2.26. The lowest BCUT2D eigenvalue weighted by Crippen LogP contribution is -2.30. The number of ether oxygens (including phenoxy) is 2. The summed E-state index contributed by atoms with van der Waals surface area (Å²) in [5.41, 5.74) is 0.830. The molecule has 1 fully saturated rings. The van der Waals surface area contributed by atoms with Gasteiger partial charge in [0, 0.05) is 17.7 Å². The Kier molecular flexibility index (Phi) is 6.67. The molecule has 1 aliphatic heterocycles. The normalized spacial score (nSPS) is 18.0. The van der Waals surface area contributed by atoms with Crippen LogP contribution in [-0.2, 0) is 9.59 Å². The highest BCUT2D eigenvalue weighted by Crippen LogP contribution is 2.43. The van der Waals surface area contributed by atoms with Gasteiger partial charge in [-0.15, -0.1) is 0 Å². The van der Waals surface area contributed by atoms with Gasteiger partial charge in [-0.2, -0.15) is 0 Å². The average Bonchev–Trinajstić information content (AvgIpc) is 3.02. The van der Waals surface area contributed by atoms with Crippen LogP contribution in [0.1, 0.15) is 36.9 Å². The quantitative estimate of drug-likeness (QED) is 0.396. The van der Waals surface area contributed by atoms with Crippen LogP contribution in [0.5, 0.6) is 11.5 Å². The Balaban J connectivity index is 2.25. The highest BCUT2D eigenvalue weighted by atomic mass is 35.5. The minimum Gasteiger partial charge on any atom is -0.507 e. The van der Waals surface area contributed by atoms with Crippen molar-refractivity contribution >= 4 is 29.1 Å². The number of Topliss-reactive ketones (excluding diaryl/α,β-unsaturated/α-hetero) is 1. The van der Waals surface area contributed by atoms with Crippen molar-refractivity contribution in [3.63, 3.8) is 0 Å². The summed E-state index contributed by atoms with van der Waals surface area (Å²) in [6.45, 7) is 2.39. The Morgan fingerprint density at radius 2 is 1.87 bits per heavy atom. The third kappa shape index (κ3) is 3.87. The van der Waals surface area contributed by atoms with Gasteiger partial charge in [-0.3, -0.25) is 9.59 Å². The number of aliphatic hydroxyl groups excluding tert-OH is 1. The van der Waals surface area contributed by atoms with Crippen LogP contribution in [0.2, 0.25) is 5.02 Å². The number of hydrogen-bond acceptors (Lipinski definition) is 5. The van der Waals surface area contributed by atoms with Gasteiger partial charge in [0.1, 0.15) is 17.3 Å². The predicted octanol–water partition coefficient (Wildman–Crippen LogP) is 4.58. The molecule has 1 saturated heterocycles. The number of aliphatic hydroxyl groups is 1. The zero-order valence-electron chi connectivity index (χ0n) is 17.1. The number of hydrogen-bond donors (Lipinski definition) is 1. The van der Waals surface area contributed by atoms with Crippen molar-refractivity contribution < 1.29 is 24.2 Å². The summed E-state index contributed by atoms with van der Waals surface area (Å²) in [7, 11) is 3.02. The van der Waals surface area contributed by atoms with Crippen LogP contribution in [0.25, 0.3) is 5.76 Å². The molecule has 3 rings (SSSR count). The van der Waals surface area contributed by atoms with Crippen LogP contribution < -0.4 is 9.47 Å². The Morgan fingerprint density at radius 1 is 1.13 bits per heavy atom. The molecule has 1 N–H and O–H groups in total. The SMILES string of the molecule is CCCCN1C(=O)C(=O)/C(=C(/O)c2cc(OC)ccc2Cl)C1c1ccccc1OC. The van der Waals surface area contributed by atoms with Crippen LogP contribution in [0.4, 0.5) is 0 Å². The molecule has 1 atom stereocenters. The van der Waals surface area contributed by atoms with E-state index in [0.29, 0.717) is 23.6 Å². The molecule has 1 amide bonds. The number of nitrogens with zero attached hydrogens (tertiary/aromatic N) is 1. The van der Waals surface area contributed by atoms with Gasteiger partial charge in [0.25, 0.3) is 11.7 Å². The molecule has 7 heteroatoms. The predicted molar refractivity (Wildman–Crippen MR) is 115 cm³/mol. The van der Waals surface area contributed by atoms with Crippen molar-refractivity contribution in [1.82, 2.24) is 4.90 Å². The molecular formula is C23H24ClNO5. The second-order valence-electron chi connectivity index (χ2n) is 6.93. The van der Waals surface area contributed by atoms with Gasteiger partial charge >= 0.3 is 0 Å². The molecule has 0 bridgehead atoms. The minimum absolute atomic E-state index is 0.0178. The third-order valence-electron chi connectivity index (χ3n) is 5.15. The van der Waals surface area contributed by atoms with Gasteiger partial charge in [-0.05, 0) is 30.7 Å². The highest BCUT2D eigenvalue weighted by molar-refractivity contribution is 6.47. The Bertz CT molecular complexity index is 1000. The van der Waals surface area contributed by atoms with E-state index in [1.165, 1.54) is 25.2 Å². The second kappa shape index (κ2) is 9.22. The van der Waals surface area contributed by atoms with Crippen molar-refractivity contribution in [2.45, 2.75) is 25.8 Å². The number of methoxy groups -OCH3 is 2. The summed E-state index contributed by atoms with van der Waals surface area (Å²) >= 11 is 6.30. The summed E-state index contributed by atoms with van der Waals surface area (Å²) in [6, 6.07) is 11.1. The first-order valence-corrected chi connectivity index (χ1v) is 10.1. The van der Waals surface area contributed by atoms with E-state index in [4.69, 9.17) is 21.1 Å². The number of unbranched alkanes of at least 4 members (excludes halogenated alkanes) is 1. The number of carbonyl (C=O) groups is 2. The van der Waals surface area contributed by atoms with E-state index < -0.39 is 17.7 Å². The number of likely N-dealkylation sites (tertiary alicyclic amines) is 1. The standard InChI is InChI=1S/C23H24ClNO5/c1-4-5-12-25-20(15-8-6-7-9-18(15)30-3)19(22(27)23(25)28)21(26)16-13-14(29-2)10-11-17(16)24/h6-11,13,20,26H,4-5,12H2,1-3H3/b21-19+. The molecular weight excluding hydrogens is 406 g/mol. The summed E-state index contributed by atoms with van der Waals surface area (Å²) in [6.07, 6.45) is 1.57. The van der Waals surface area contributed by atoms with Crippen LogP contribution in [0.15, 0.2) is 48.0 Å². The van der Waals surface area contributed by atoms with Crippen LogP contribution in [0, 0.1) is 0 Å². The molecule has 30 heavy (non-hydrogen) atoms. The first kappa shape index (κ1) is 21.7. The molecule has 6 nitrogen and oxygen atoms in total. The van der Waals surface area contributed by atoms with E-state index >= 15 is 0 Å². The summed E-state index contributed by atoms with van der Waals surface area (Å²) < 4.78 is 10.7. The third-order valence-corrected chi connectivity index (χ3v) is 5.48. The van der Waals surface area contributed by atoms with E-state index in [9.17, 15) is 14.7 Å². The maximum Gasteiger partial charge on any atom is 0.295 e. The number of amides is 1. The Labute approximate surface area is 180 Å². The van der Waals surface area contributed by atoms with Gasteiger partial charge in [0.05, 0.1) is 30.9 Å². The number of carbonyl (C=O) groups excluding carboxylic acids is 2. The van der Waals surface area contributed by atoms with Gasteiger partial charge in [-0.25, -0.2) is 0 Å². The monoisotopic (exact) mass is 429 g/mol. The molecule has 1 unspecified atom stereocenters. The van der Waals surface area contributed by atoms with E-state index in [2.05, 4.69) is 0 Å². The van der Waals surface area contributed by atoms with E-state index in [1.54, 1.807) is 36.4 Å². The molecule has 0 radical (unpaired) electrons. The largest absolute Gasteiger partial charge is 0.507 e. The fourth-order valence-corrected chi connectivity index (χ4v) is 3.82. The van der Waals surface area contributed by atoms with E-state index in [1.807, 2.05) is 6.92 Å². The first-order valence-electron chi connectivity index (χ1n) is 9.69. The lowest BCUT2D eigenvalue weighted by atomic mass is 9.94. The fourth-order valence-electron chi connectivity index (χ4n) is 3.61. The van der Waals surface area contributed by atoms with Gasteiger partial charge in [0.2, 0.25) is 0 Å². The summed E-state index contributed by atoms with van der Waals surface area (Å²) in [5.74, 6) is -0.756. The Hall–Kier alpha value is -2.99. The molecule has 0 spiro atoms. The second-order valence-corrected chi connectivity index (χ2v) is 7.34. The zero-order chi connectivity index (χ0) is 21.8. The highest BCUT2D eigenvalue weighted by Gasteiger charge is 2.46. The topological polar surface area (TPSA) is 76.1 Å². The zero-order valence-corrected chi connectivity index (χ0v) is 17.9. The van der Waals surface area contributed by atoms with Gasteiger partial charge < -0.3 is 19.5 Å². The smallest absolute Gasteiger partial charge is 0.295 e. The average molecular weight is 430 g/mol. The van der Waals surface area contributed by atoms with Crippen molar-refractivity contribution in [3.8, 4) is 11.5 Å². The molecule has 2 aromatic carbocycles. The van der Waals surface area contributed by atoms with Gasteiger partial charge in [0.15, 0.2) is 0 Å². The van der Waals surface area contributed by atoms with Crippen molar-refractivity contribution in [2.75, 3.05) is 20.8 Å². The lowest BCUT2D eigenvalue weighted by molar-refractivity contribution is -0.139. The molecule has 0 saturated carbocycles. The molecule has 0 aliphatic carbocycles. The van der Waals surface area contributed by atoms with Crippen molar-refractivity contribution in [1.29, 1.82) is 0 Å². The number of rotatable bonds is 7. The first-order chi connectivity index (χ1) is 14.4. The molecule has 0 aromatic heterocycles. The summed E-state index contributed by atoms with van der Waals surface area (Å²) in [4.78, 5) is 27.4. The van der Waals surface area contributed by atoms with E-state index in [0.717, 1.165) is 12.8 Å².